The molecule has 192 valence electrons. The molecule has 1 aliphatic rings. The minimum absolute atomic E-state index is 0.0983. The molecule has 1 aliphatic heterocycles. The number of nitrogens with zero attached hydrogens (tertiary/aromatic N) is 1. The highest BCUT2D eigenvalue weighted by atomic mass is 16.5. The van der Waals surface area contributed by atoms with Gasteiger partial charge < -0.3 is 29.7 Å². The molecule has 0 saturated carbocycles. The summed E-state index contributed by atoms with van der Waals surface area (Å²) in [5, 5.41) is 5.53. The van der Waals surface area contributed by atoms with Crippen LogP contribution in [0.1, 0.15) is 43.9 Å². The fourth-order valence-electron chi connectivity index (χ4n) is 4.09. The third kappa shape index (κ3) is 6.16. The van der Waals surface area contributed by atoms with Gasteiger partial charge in [-0.15, -0.1) is 0 Å². The van der Waals surface area contributed by atoms with Crippen molar-refractivity contribution in [1.29, 1.82) is 0 Å². The normalized spacial score (nSPS) is 15.0. The standard InChI is InChI=1S/C27H33N3O6/c1-5-14-30(15-6-2)22(31)17-36-20-13-12-19(16-21(20)34-3)25-23(26(32)35-4)24(28-27(33)29-25)18-10-8-7-9-11-18/h7-13,16,25H,5-6,14-15,17H2,1-4H3,(H2,28,29,33). The topological polar surface area (TPSA) is 106 Å². The summed E-state index contributed by atoms with van der Waals surface area (Å²) >= 11 is 0. The summed E-state index contributed by atoms with van der Waals surface area (Å²) in [6.07, 6.45) is 1.74. The van der Waals surface area contributed by atoms with Gasteiger partial charge in [0.2, 0.25) is 0 Å². The molecule has 9 heteroatoms. The maximum absolute atomic E-state index is 12.8. The lowest BCUT2D eigenvalue weighted by Crippen LogP contribution is -2.45. The number of hydrogen-bond acceptors (Lipinski definition) is 6. The Kier molecular flexibility index (Phi) is 9.32. The van der Waals surface area contributed by atoms with Crippen molar-refractivity contribution in [1.82, 2.24) is 15.5 Å². The summed E-state index contributed by atoms with van der Waals surface area (Å²) in [7, 11) is 2.78. The van der Waals surface area contributed by atoms with E-state index in [9.17, 15) is 14.4 Å². The lowest BCUT2D eigenvalue weighted by Gasteiger charge is -2.29. The minimum atomic E-state index is -0.796. The van der Waals surface area contributed by atoms with Crippen molar-refractivity contribution in [3.05, 3.63) is 65.2 Å². The Morgan fingerprint density at radius 3 is 2.28 bits per heavy atom. The van der Waals surface area contributed by atoms with Gasteiger partial charge in [0.25, 0.3) is 5.91 Å². The second kappa shape index (κ2) is 12.6. The first-order chi connectivity index (χ1) is 17.4. The molecule has 1 atom stereocenters. The number of urea groups is 1. The molecule has 3 amide bonds. The van der Waals surface area contributed by atoms with Crippen molar-refractivity contribution in [2.45, 2.75) is 32.7 Å². The van der Waals surface area contributed by atoms with Crippen LogP contribution in [0.5, 0.6) is 11.5 Å². The number of benzene rings is 2. The second-order valence-corrected chi connectivity index (χ2v) is 8.26. The number of methoxy groups -OCH3 is 2. The summed E-state index contributed by atoms with van der Waals surface area (Å²) in [6.45, 7) is 5.28. The van der Waals surface area contributed by atoms with Gasteiger partial charge >= 0.3 is 12.0 Å². The third-order valence-corrected chi connectivity index (χ3v) is 5.75. The quantitative estimate of drug-likeness (QED) is 0.461. The van der Waals surface area contributed by atoms with E-state index in [-0.39, 0.29) is 18.1 Å². The minimum Gasteiger partial charge on any atom is -0.493 e. The van der Waals surface area contributed by atoms with Crippen LogP contribution >= 0.6 is 0 Å². The Hall–Kier alpha value is -4.01. The number of ether oxygens (including phenoxy) is 3. The highest BCUT2D eigenvalue weighted by molar-refractivity contribution is 6.04. The summed E-state index contributed by atoms with van der Waals surface area (Å²) < 4.78 is 16.4. The Morgan fingerprint density at radius 2 is 1.67 bits per heavy atom. The van der Waals surface area contributed by atoms with E-state index in [0.717, 1.165) is 12.8 Å². The van der Waals surface area contributed by atoms with E-state index in [1.54, 1.807) is 35.2 Å². The van der Waals surface area contributed by atoms with Gasteiger partial charge in [-0.05, 0) is 36.1 Å². The first-order valence-corrected chi connectivity index (χ1v) is 12.0. The summed E-state index contributed by atoms with van der Waals surface area (Å²) in [5.41, 5.74) is 1.89. The highest BCUT2D eigenvalue weighted by Crippen LogP contribution is 2.36. The van der Waals surface area contributed by atoms with E-state index in [2.05, 4.69) is 10.6 Å². The predicted octanol–water partition coefficient (Wildman–Crippen LogP) is 3.66. The van der Waals surface area contributed by atoms with Crippen LogP contribution in [0.15, 0.2) is 54.1 Å². The van der Waals surface area contributed by atoms with Gasteiger partial charge in [0.1, 0.15) is 0 Å². The van der Waals surface area contributed by atoms with Crippen LogP contribution in [0, 0.1) is 0 Å². The fourth-order valence-corrected chi connectivity index (χ4v) is 4.09. The molecule has 9 nitrogen and oxygen atoms in total. The first kappa shape index (κ1) is 26.6. The van der Waals surface area contributed by atoms with Crippen LogP contribution in [-0.4, -0.2) is 56.7 Å². The number of carbonyl (C=O) groups is 3. The number of esters is 1. The van der Waals surface area contributed by atoms with Crippen LogP contribution in [0.2, 0.25) is 0 Å². The number of amides is 3. The van der Waals surface area contributed by atoms with Crippen molar-refractivity contribution in [3.63, 3.8) is 0 Å². The van der Waals surface area contributed by atoms with Crippen LogP contribution in [0.3, 0.4) is 0 Å². The predicted molar refractivity (Wildman–Crippen MR) is 135 cm³/mol. The molecule has 1 heterocycles. The summed E-state index contributed by atoms with van der Waals surface area (Å²) in [4.78, 5) is 39.8. The average molecular weight is 496 g/mol. The molecule has 2 aromatic rings. The molecule has 36 heavy (non-hydrogen) atoms. The SMILES string of the molecule is CCCN(CCC)C(=O)COc1ccc(C2NC(=O)NC(c3ccccc3)=C2C(=O)OC)cc1OC. The molecule has 2 aromatic carbocycles. The number of hydrogen-bond donors (Lipinski definition) is 2. The smallest absolute Gasteiger partial charge is 0.338 e. The van der Waals surface area contributed by atoms with Gasteiger partial charge in [-0.1, -0.05) is 50.2 Å². The van der Waals surface area contributed by atoms with E-state index in [1.807, 2.05) is 32.0 Å². The maximum Gasteiger partial charge on any atom is 0.338 e. The lowest BCUT2D eigenvalue weighted by molar-refractivity contribution is -0.136. The molecular weight excluding hydrogens is 462 g/mol. The van der Waals surface area contributed by atoms with Crippen LogP contribution in [0.4, 0.5) is 4.79 Å². The lowest BCUT2D eigenvalue weighted by atomic mass is 9.92. The second-order valence-electron chi connectivity index (χ2n) is 8.26. The van der Waals surface area contributed by atoms with E-state index >= 15 is 0 Å². The van der Waals surface area contributed by atoms with Crippen LogP contribution in [0.25, 0.3) is 5.70 Å². The van der Waals surface area contributed by atoms with Crippen molar-refractivity contribution in [2.24, 2.45) is 0 Å². The van der Waals surface area contributed by atoms with Crippen molar-refractivity contribution in [3.8, 4) is 11.5 Å². The van der Waals surface area contributed by atoms with Gasteiger partial charge in [0.15, 0.2) is 18.1 Å². The molecular formula is C27H33N3O6. The van der Waals surface area contributed by atoms with E-state index in [0.29, 0.717) is 41.4 Å². The highest BCUT2D eigenvalue weighted by Gasteiger charge is 2.34. The third-order valence-electron chi connectivity index (χ3n) is 5.75. The van der Waals surface area contributed by atoms with Gasteiger partial charge in [-0.2, -0.15) is 0 Å². The Morgan fingerprint density at radius 1 is 0.972 bits per heavy atom. The Balaban J connectivity index is 1.92. The van der Waals surface area contributed by atoms with Gasteiger partial charge in [0.05, 0.1) is 31.5 Å². The Bertz CT molecular complexity index is 1110. The largest absolute Gasteiger partial charge is 0.493 e. The van der Waals surface area contributed by atoms with Crippen molar-refractivity contribution >= 4 is 23.6 Å². The van der Waals surface area contributed by atoms with Crippen LogP contribution in [-0.2, 0) is 14.3 Å². The molecule has 1 unspecified atom stereocenters. The number of carbonyl (C=O) groups excluding carboxylic acids is 3. The zero-order valence-corrected chi connectivity index (χ0v) is 21.1. The molecule has 0 bridgehead atoms. The van der Waals surface area contributed by atoms with E-state index in [1.165, 1.54) is 14.2 Å². The maximum atomic E-state index is 12.8. The molecule has 0 saturated heterocycles. The zero-order chi connectivity index (χ0) is 26.1. The molecule has 0 spiro atoms. The molecule has 0 radical (unpaired) electrons. The summed E-state index contributed by atoms with van der Waals surface area (Å²) in [5.74, 6) is 0.0767. The number of rotatable bonds is 11. The van der Waals surface area contributed by atoms with Gasteiger partial charge in [-0.3, -0.25) is 4.79 Å². The summed E-state index contributed by atoms with van der Waals surface area (Å²) in [6, 6.07) is 12.9. The molecule has 0 fully saturated rings. The van der Waals surface area contributed by atoms with E-state index in [4.69, 9.17) is 14.2 Å². The van der Waals surface area contributed by atoms with E-state index < -0.39 is 18.0 Å². The Labute approximate surface area is 211 Å². The zero-order valence-electron chi connectivity index (χ0n) is 21.1. The average Bonchev–Trinajstić information content (AvgIpc) is 2.91. The molecule has 2 N–H and O–H groups in total. The number of nitrogens with one attached hydrogen (secondary N) is 2. The first-order valence-electron chi connectivity index (χ1n) is 12.0. The van der Waals surface area contributed by atoms with Crippen molar-refractivity contribution < 1.29 is 28.6 Å². The fraction of sp³-hybridized carbons (Fsp3) is 0.370. The molecule has 3 rings (SSSR count). The van der Waals surface area contributed by atoms with Crippen LogP contribution < -0.4 is 20.1 Å². The monoisotopic (exact) mass is 495 g/mol. The van der Waals surface area contributed by atoms with Gasteiger partial charge in [0, 0.05) is 13.1 Å². The molecule has 0 aliphatic carbocycles. The van der Waals surface area contributed by atoms with Gasteiger partial charge in [-0.25, -0.2) is 9.59 Å². The molecule has 0 aromatic heterocycles. The van der Waals surface area contributed by atoms with Crippen molar-refractivity contribution in [2.75, 3.05) is 33.9 Å².